The Kier molecular flexibility index (Phi) is 2.70. The van der Waals surface area contributed by atoms with Crippen molar-refractivity contribution < 1.29 is 18.4 Å². The molecular formula is C12H11F2N3O2. The molecule has 0 saturated carbocycles. The molecule has 7 heteroatoms. The van der Waals surface area contributed by atoms with E-state index < -0.39 is 29.6 Å². The van der Waals surface area contributed by atoms with Crippen LogP contribution in [0.4, 0.5) is 19.3 Å². The molecule has 1 aromatic carbocycles. The zero-order chi connectivity index (χ0) is 13.6. The molecule has 0 aliphatic carbocycles. The van der Waals surface area contributed by atoms with Crippen LogP contribution < -0.4 is 10.2 Å². The monoisotopic (exact) mass is 267 g/mol. The Morgan fingerprint density at radius 1 is 1.26 bits per heavy atom. The van der Waals surface area contributed by atoms with Crippen molar-refractivity contribution in [3.05, 3.63) is 29.8 Å². The fourth-order valence-corrected chi connectivity index (χ4v) is 2.41. The fraction of sp³-hybridized carbons (Fsp3) is 0.333. The Balaban J connectivity index is 2.00. The predicted octanol–water partition coefficient (Wildman–Crippen LogP) is 0.705. The first kappa shape index (κ1) is 12.0. The zero-order valence-electron chi connectivity index (χ0n) is 9.90. The molecule has 3 rings (SSSR count). The van der Waals surface area contributed by atoms with Crippen LogP contribution in [0.5, 0.6) is 0 Å². The van der Waals surface area contributed by atoms with Gasteiger partial charge in [0.1, 0.15) is 17.7 Å². The maximum absolute atomic E-state index is 13.7. The summed E-state index contributed by atoms with van der Waals surface area (Å²) in [5, 5.41) is 3.01. The minimum atomic E-state index is -0.922. The fourth-order valence-electron chi connectivity index (χ4n) is 2.41. The SMILES string of the molecule is O=C1C2CNCCN2C(=O)N1c1ccc(F)cc1F. The lowest BCUT2D eigenvalue weighted by Crippen LogP contribution is -2.51. The zero-order valence-corrected chi connectivity index (χ0v) is 9.90. The molecule has 0 bridgehead atoms. The summed E-state index contributed by atoms with van der Waals surface area (Å²) >= 11 is 0. The number of hydrogen-bond acceptors (Lipinski definition) is 3. The first-order chi connectivity index (χ1) is 9.09. The summed E-state index contributed by atoms with van der Waals surface area (Å²) in [6, 6.07) is 1.62. The molecule has 1 unspecified atom stereocenters. The molecule has 100 valence electrons. The van der Waals surface area contributed by atoms with Gasteiger partial charge in [0.05, 0.1) is 5.69 Å². The molecule has 1 aromatic rings. The minimum absolute atomic E-state index is 0.203. The summed E-state index contributed by atoms with van der Waals surface area (Å²) in [7, 11) is 0. The highest BCUT2D eigenvalue weighted by Crippen LogP contribution is 2.28. The number of halogens is 2. The largest absolute Gasteiger partial charge is 0.332 e. The summed E-state index contributed by atoms with van der Waals surface area (Å²) in [5.74, 6) is -2.16. The van der Waals surface area contributed by atoms with E-state index in [-0.39, 0.29) is 5.69 Å². The predicted molar refractivity (Wildman–Crippen MR) is 62.6 cm³/mol. The van der Waals surface area contributed by atoms with E-state index in [4.69, 9.17) is 0 Å². The maximum atomic E-state index is 13.7. The van der Waals surface area contributed by atoms with Gasteiger partial charge in [0, 0.05) is 25.7 Å². The van der Waals surface area contributed by atoms with Crippen molar-refractivity contribution in [3.8, 4) is 0 Å². The summed E-state index contributed by atoms with van der Waals surface area (Å²) in [4.78, 5) is 26.5. The van der Waals surface area contributed by atoms with Crippen molar-refractivity contribution in [3.63, 3.8) is 0 Å². The number of urea groups is 1. The Morgan fingerprint density at radius 2 is 2.05 bits per heavy atom. The normalized spacial score (nSPS) is 22.9. The lowest BCUT2D eigenvalue weighted by Gasteiger charge is -2.26. The van der Waals surface area contributed by atoms with Gasteiger partial charge in [-0.2, -0.15) is 0 Å². The molecule has 2 heterocycles. The third-order valence-corrected chi connectivity index (χ3v) is 3.34. The molecule has 1 atom stereocenters. The Hall–Kier alpha value is -2.02. The molecule has 1 N–H and O–H groups in total. The molecule has 2 aliphatic rings. The van der Waals surface area contributed by atoms with Gasteiger partial charge in [0.25, 0.3) is 5.91 Å². The molecular weight excluding hydrogens is 256 g/mol. The number of imide groups is 1. The molecule has 2 saturated heterocycles. The molecule has 0 radical (unpaired) electrons. The molecule has 0 aromatic heterocycles. The van der Waals surface area contributed by atoms with Crippen molar-refractivity contribution in [2.24, 2.45) is 0 Å². The summed E-state index contributed by atoms with van der Waals surface area (Å²) < 4.78 is 26.6. The number of benzene rings is 1. The standard InChI is InChI=1S/C12H11F2N3O2/c13-7-1-2-9(8(14)5-7)17-11(18)10-6-15-3-4-16(10)12(17)19/h1-2,5,10,15H,3-4,6H2. The van der Waals surface area contributed by atoms with Crippen LogP contribution in [-0.2, 0) is 4.79 Å². The number of anilines is 1. The van der Waals surface area contributed by atoms with E-state index in [1.807, 2.05) is 0 Å². The smallest absolute Gasteiger partial charge is 0.312 e. The number of hydrogen-bond donors (Lipinski definition) is 1. The van der Waals surface area contributed by atoms with E-state index in [2.05, 4.69) is 5.32 Å². The van der Waals surface area contributed by atoms with Crippen molar-refractivity contribution in [1.29, 1.82) is 0 Å². The number of nitrogens with one attached hydrogen (secondary N) is 1. The van der Waals surface area contributed by atoms with Crippen LogP contribution in [0.1, 0.15) is 0 Å². The van der Waals surface area contributed by atoms with Crippen molar-refractivity contribution in [1.82, 2.24) is 10.2 Å². The van der Waals surface area contributed by atoms with Crippen LogP contribution in [0.25, 0.3) is 0 Å². The van der Waals surface area contributed by atoms with Gasteiger partial charge < -0.3 is 10.2 Å². The van der Waals surface area contributed by atoms with Crippen LogP contribution in [0.2, 0.25) is 0 Å². The highest BCUT2D eigenvalue weighted by molar-refractivity contribution is 6.21. The van der Waals surface area contributed by atoms with Crippen LogP contribution in [-0.4, -0.2) is 42.5 Å². The van der Waals surface area contributed by atoms with Gasteiger partial charge in [-0.05, 0) is 12.1 Å². The van der Waals surface area contributed by atoms with Crippen LogP contribution in [0.15, 0.2) is 18.2 Å². The van der Waals surface area contributed by atoms with Crippen LogP contribution in [0.3, 0.4) is 0 Å². The second-order valence-corrected chi connectivity index (χ2v) is 4.47. The van der Waals surface area contributed by atoms with E-state index in [1.54, 1.807) is 0 Å². The molecule has 0 spiro atoms. The van der Waals surface area contributed by atoms with Gasteiger partial charge in [-0.1, -0.05) is 0 Å². The van der Waals surface area contributed by atoms with E-state index in [0.717, 1.165) is 17.0 Å². The van der Waals surface area contributed by atoms with E-state index >= 15 is 0 Å². The highest BCUT2D eigenvalue weighted by atomic mass is 19.1. The van der Waals surface area contributed by atoms with Gasteiger partial charge in [-0.15, -0.1) is 0 Å². The van der Waals surface area contributed by atoms with Gasteiger partial charge in [0.2, 0.25) is 0 Å². The summed E-state index contributed by atoms with van der Waals surface area (Å²) in [6.45, 7) is 1.34. The number of piperazine rings is 1. The second-order valence-electron chi connectivity index (χ2n) is 4.47. The third kappa shape index (κ3) is 1.77. The van der Waals surface area contributed by atoms with E-state index in [0.29, 0.717) is 25.7 Å². The number of rotatable bonds is 1. The quantitative estimate of drug-likeness (QED) is 0.762. The topological polar surface area (TPSA) is 52.7 Å². The first-order valence-electron chi connectivity index (χ1n) is 5.90. The molecule has 19 heavy (non-hydrogen) atoms. The number of amides is 3. The number of carbonyl (C=O) groups excluding carboxylic acids is 2. The van der Waals surface area contributed by atoms with Gasteiger partial charge in [0.15, 0.2) is 0 Å². The van der Waals surface area contributed by atoms with Crippen molar-refractivity contribution in [2.75, 3.05) is 24.5 Å². The molecule has 5 nitrogen and oxygen atoms in total. The molecule has 2 fully saturated rings. The van der Waals surface area contributed by atoms with Crippen LogP contribution >= 0.6 is 0 Å². The Bertz CT molecular complexity index is 540. The molecule has 2 aliphatic heterocycles. The van der Waals surface area contributed by atoms with Crippen molar-refractivity contribution >= 4 is 17.6 Å². The highest BCUT2D eigenvalue weighted by Gasteiger charge is 2.47. The Morgan fingerprint density at radius 3 is 2.74 bits per heavy atom. The van der Waals surface area contributed by atoms with E-state index in [1.165, 1.54) is 4.90 Å². The maximum Gasteiger partial charge on any atom is 0.332 e. The first-order valence-corrected chi connectivity index (χ1v) is 5.90. The number of fused-ring (bicyclic) bond motifs is 1. The number of nitrogens with zero attached hydrogens (tertiary/aromatic N) is 2. The molecule has 3 amide bonds. The summed E-state index contributed by atoms with van der Waals surface area (Å²) in [5.41, 5.74) is -0.203. The third-order valence-electron chi connectivity index (χ3n) is 3.34. The van der Waals surface area contributed by atoms with Gasteiger partial charge in [-0.25, -0.2) is 18.5 Å². The van der Waals surface area contributed by atoms with Crippen LogP contribution in [0, 0.1) is 11.6 Å². The minimum Gasteiger partial charge on any atom is -0.312 e. The lowest BCUT2D eigenvalue weighted by molar-refractivity contribution is -0.120. The lowest BCUT2D eigenvalue weighted by atomic mass is 10.2. The van der Waals surface area contributed by atoms with Gasteiger partial charge >= 0.3 is 6.03 Å². The van der Waals surface area contributed by atoms with Gasteiger partial charge in [-0.3, -0.25) is 4.79 Å². The average Bonchev–Trinajstić information content (AvgIpc) is 2.64. The number of carbonyl (C=O) groups is 2. The van der Waals surface area contributed by atoms with E-state index in [9.17, 15) is 18.4 Å². The Labute approximate surface area is 107 Å². The van der Waals surface area contributed by atoms with Crippen molar-refractivity contribution in [2.45, 2.75) is 6.04 Å². The summed E-state index contributed by atoms with van der Waals surface area (Å²) in [6.07, 6.45) is 0. The average molecular weight is 267 g/mol. The second kappa shape index (κ2) is 4.27.